The first-order chi connectivity index (χ1) is 8.13. The van der Waals surface area contributed by atoms with Gasteiger partial charge in [-0.25, -0.2) is 4.79 Å². The zero-order valence-corrected chi connectivity index (χ0v) is 9.76. The number of carbonyl (C=O) groups is 1. The number of rotatable bonds is 6. The van der Waals surface area contributed by atoms with Crippen LogP contribution in [-0.4, -0.2) is 30.4 Å². The molecule has 92 valence electrons. The van der Waals surface area contributed by atoms with E-state index in [1.807, 2.05) is 31.2 Å². The monoisotopic (exact) mass is 236 g/mol. The van der Waals surface area contributed by atoms with Gasteiger partial charge in [0, 0.05) is 6.08 Å². The van der Waals surface area contributed by atoms with Crippen LogP contribution in [-0.2, 0) is 9.53 Å². The van der Waals surface area contributed by atoms with Crippen LogP contribution >= 0.6 is 0 Å². The van der Waals surface area contributed by atoms with Gasteiger partial charge >= 0.3 is 5.97 Å². The van der Waals surface area contributed by atoms with E-state index < -0.39 is 12.1 Å². The lowest BCUT2D eigenvalue weighted by Crippen LogP contribution is -2.24. The molecular weight excluding hydrogens is 220 g/mol. The summed E-state index contributed by atoms with van der Waals surface area (Å²) in [6.45, 7) is 5.15. The van der Waals surface area contributed by atoms with Crippen LogP contribution in [0.1, 0.15) is 5.56 Å². The van der Waals surface area contributed by atoms with E-state index >= 15 is 0 Å². The molecule has 0 fully saturated rings. The van der Waals surface area contributed by atoms with Gasteiger partial charge < -0.3 is 14.6 Å². The lowest BCUT2D eigenvalue weighted by molar-refractivity contribution is -0.141. The number of hydrogen-bond acceptors (Lipinski definition) is 4. The van der Waals surface area contributed by atoms with Gasteiger partial charge in [-0.2, -0.15) is 0 Å². The minimum Gasteiger partial charge on any atom is -0.490 e. The van der Waals surface area contributed by atoms with Crippen molar-refractivity contribution >= 4 is 5.97 Å². The number of para-hydroxylation sites is 1. The van der Waals surface area contributed by atoms with Crippen molar-refractivity contribution in [2.24, 2.45) is 0 Å². The molecule has 17 heavy (non-hydrogen) atoms. The van der Waals surface area contributed by atoms with Crippen LogP contribution in [0.5, 0.6) is 5.75 Å². The Labute approximate surface area is 100 Å². The molecule has 1 atom stereocenters. The van der Waals surface area contributed by atoms with Gasteiger partial charge in [-0.05, 0) is 18.6 Å². The molecule has 0 aromatic heterocycles. The van der Waals surface area contributed by atoms with Gasteiger partial charge in [-0.1, -0.05) is 24.8 Å². The smallest absolute Gasteiger partial charge is 0.330 e. The second kappa shape index (κ2) is 6.70. The average Bonchev–Trinajstić information content (AvgIpc) is 2.35. The Bertz CT molecular complexity index is 387. The first kappa shape index (κ1) is 13.3. The predicted octanol–water partition coefficient (Wildman–Crippen LogP) is 1.46. The summed E-state index contributed by atoms with van der Waals surface area (Å²) in [4.78, 5) is 10.8. The molecule has 1 aromatic rings. The van der Waals surface area contributed by atoms with Crippen molar-refractivity contribution in [1.82, 2.24) is 0 Å². The van der Waals surface area contributed by atoms with Crippen molar-refractivity contribution in [1.29, 1.82) is 0 Å². The Balaban J connectivity index is 2.33. The maximum Gasteiger partial charge on any atom is 0.330 e. The van der Waals surface area contributed by atoms with Gasteiger partial charge in [0.05, 0.1) is 0 Å². The first-order valence-corrected chi connectivity index (χ1v) is 5.29. The van der Waals surface area contributed by atoms with Gasteiger partial charge in [-0.3, -0.25) is 0 Å². The first-order valence-electron chi connectivity index (χ1n) is 5.29. The lowest BCUT2D eigenvalue weighted by atomic mass is 10.2. The molecule has 1 N–H and O–H groups in total. The van der Waals surface area contributed by atoms with E-state index in [4.69, 9.17) is 4.74 Å². The number of carbonyl (C=O) groups excluding carboxylic acids is 1. The predicted molar refractivity (Wildman–Crippen MR) is 63.8 cm³/mol. The summed E-state index contributed by atoms with van der Waals surface area (Å²) in [5.74, 6) is 0.154. The molecule has 0 bridgehead atoms. The standard InChI is InChI=1S/C13H16O4/c1-3-13(15)17-9-11(14)8-16-12-7-5-4-6-10(12)2/h3-7,11,14H,1,8-9H2,2H3/t11-/m1/s1. The van der Waals surface area contributed by atoms with Crippen molar-refractivity contribution in [3.05, 3.63) is 42.5 Å². The highest BCUT2D eigenvalue weighted by Crippen LogP contribution is 2.16. The van der Waals surface area contributed by atoms with Gasteiger partial charge in [0.1, 0.15) is 25.1 Å². The Morgan fingerprint density at radius 2 is 2.18 bits per heavy atom. The maximum absolute atomic E-state index is 10.8. The van der Waals surface area contributed by atoms with E-state index in [0.29, 0.717) is 5.75 Å². The van der Waals surface area contributed by atoms with E-state index in [9.17, 15) is 9.90 Å². The van der Waals surface area contributed by atoms with Crippen LogP contribution in [0.2, 0.25) is 0 Å². The molecule has 0 spiro atoms. The molecule has 1 rings (SSSR count). The third-order valence-electron chi connectivity index (χ3n) is 2.11. The summed E-state index contributed by atoms with van der Waals surface area (Å²) in [7, 11) is 0. The van der Waals surface area contributed by atoms with Crippen LogP contribution in [0.4, 0.5) is 0 Å². The Morgan fingerprint density at radius 1 is 1.47 bits per heavy atom. The number of aliphatic hydroxyl groups excluding tert-OH is 1. The normalized spacial score (nSPS) is 11.6. The molecule has 0 aliphatic rings. The molecule has 1 aromatic carbocycles. The molecule has 0 heterocycles. The minimum absolute atomic E-state index is 0.0786. The fourth-order valence-corrected chi connectivity index (χ4v) is 1.19. The summed E-state index contributed by atoms with van der Waals surface area (Å²) in [6.07, 6.45) is 0.202. The van der Waals surface area contributed by atoms with Gasteiger partial charge in [0.15, 0.2) is 0 Å². The van der Waals surface area contributed by atoms with E-state index in [0.717, 1.165) is 11.6 Å². The van der Waals surface area contributed by atoms with E-state index in [2.05, 4.69) is 11.3 Å². The van der Waals surface area contributed by atoms with Crippen molar-refractivity contribution < 1.29 is 19.4 Å². The van der Waals surface area contributed by atoms with Crippen molar-refractivity contribution in [3.8, 4) is 5.75 Å². The summed E-state index contributed by atoms with van der Waals surface area (Å²) in [5.41, 5.74) is 0.989. The van der Waals surface area contributed by atoms with E-state index in [1.54, 1.807) is 0 Å². The second-order valence-electron chi connectivity index (χ2n) is 3.56. The number of esters is 1. The topological polar surface area (TPSA) is 55.8 Å². The van der Waals surface area contributed by atoms with Crippen LogP contribution in [0.3, 0.4) is 0 Å². The lowest BCUT2D eigenvalue weighted by Gasteiger charge is -2.13. The zero-order valence-electron chi connectivity index (χ0n) is 9.76. The highest BCUT2D eigenvalue weighted by molar-refractivity contribution is 5.81. The SMILES string of the molecule is C=CC(=O)OC[C@H](O)COc1ccccc1C. The molecule has 0 aliphatic heterocycles. The highest BCUT2D eigenvalue weighted by atomic mass is 16.5. The van der Waals surface area contributed by atoms with Crippen molar-refractivity contribution in [2.45, 2.75) is 13.0 Å². The van der Waals surface area contributed by atoms with Crippen LogP contribution in [0.25, 0.3) is 0 Å². The zero-order chi connectivity index (χ0) is 12.7. The molecule has 0 unspecified atom stereocenters. The number of ether oxygens (including phenoxy) is 2. The quantitative estimate of drug-likeness (QED) is 0.600. The second-order valence-corrected chi connectivity index (χ2v) is 3.56. The fourth-order valence-electron chi connectivity index (χ4n) is 1.19. The molecule has 0 amide bonds. The number of aryl methyl sites for hydroxylation is 1. The third-order valence-corrected chi connectivity index (χ3v) is 2.11. The van der Waals surface area contributed by atoms with Gasteiger partial charge in [0.25, 0.3) is 0 Å². The van der Waals surface area contributed by atoms with Crippen LogP contribution in [0.15, 0.2) is 36.9 Å². The molecule has 0 saturated heterocycles. The summed E-state index contributed by atoms with van der Waals surface area (Å²) in [5, 5.41) is 9.51. The van der Waals surface area contributed by atoms with Crippen molar-refractivity contribution in [2.75, 3.05) is 13.2 Å². The van der Waals surface area contributed by atoms with Gasteiger partial charge in [0.2, 0.25) is 0 Å². The maximum atomic E-state index is 10.8. The van der Waals surface area contributed by atoms with Crippen LogP contribution in [0, 0.1) is 6.92 Å². The Kier molecular flexibility index (Phi) is 5.23. The van der Waals surface area contributed by atoms with Gasteiger partial charge in [-0.15, -0.1) is 0 Å². The molecule has 4 nitrogen and oxygen atoms in total. The Hall–Kier alpha value is -1.81. The number of benzene rings is 1. The third kappa shape index (κ3) is 4.70. The molecular formula is C13H16O4. The van der Waals surface area contributed by atoms with Crippen LogP contribution < -0.4 is 4.74 Å². The fraction of sp³-hybridized carbons (Fsp3) is 0.308. The molecule has 0 radical (unpaired) electrons. The molecule has 0 saturated carbocycles. The molecule has 4 heteroatoms. The minimum atomic E-state index is -0.849. The highest BCUT2D eigenvalue weighted by Gasteiger charge is 2.08. The summed E-state index contributed by atoms with van der Waals surface area (Å²) < 4.78 is 10.1. The van der Waals surface area contributed by atoms with Crippen molar-refractivity contribution in [3.63, 3.8) is 0 Å². The largest absolute Gasteiger partial charge is 0.490 e. The average molecular weight is 236 g/mol. The number of aliphatic hydroxyl groups is 1. The Morgan fingerprint density at radius 3 is 2.82 bits per heavy atom. The van der Waals surface area contributed by atoms with E-state index in [-0.39, 0.29) is 13.2 Å². The summed E-state index contributed by atoms with van der Waals surface area (Å²) >= 11 is 0. The van der Waals surface area contributed by atoms with E-state index in [1.165, 1.54) is 0 Å². The number of hydrogen-bond donors (Lipinski definition) is 1. The summed E-state index contributed by atoms with van der Waals surface area (Å²) in [6, 6.07) is 7.49. The molecule has 0 aliphatic carbocycles.